The Morgan fingerprint density at radius 1 is 1.26 bits per heavy atom. The molecule has 0 radical (unpaired) electrons. The zero-order chi connectivity index (χ0) is 14.1. The summed E-state index contributed by atoms with van der Waals surface area (Å²) in [6.45, 7) is 10.4. The highest BCUT2D eigenvalue weighted by Crippen LogP contribution is 2.49. The highest BCUT2D eigenvalue weighted by atomic mass is 16.5. The van der Waals surface area contributed by atoms with Gasteiger partial charge < -0.3 is 10.5 Å². The maximum atomic E-state index is 6.14. The SMILES string of the molecule is Cc1ccc(OCC2(CCN)CC2)c(C(C)(C)C)c1. The lowest BCUT2D eigenvalue weighted by molar-refractivity contribution is 0.222. The lowest BCUT2D eigenvalue weighted by Gasteiger charge is -2.25. The third kappa shape index (κ3) is 3.50. The molecule has 1 saturated carbocycles. The minimum atomic E-state index is 0.117. The Hall–Kier alpha value is -1.02. The van der Waals surface area contributed by atoms with E-state index in [0.29, 0.717) is 5.41 Å². The first-order valence-electron chi connectivity index (χ1n) is 7.30. The van der Waals surface area contributed by atoms with Crippen LogP contribution in [0, 0.1) is 12.3 Å². The van der Waals surface area contributed by atoms with Crippen LogP contribution >= 0.6 is 0 Å². The molecule has 0 bridgehead atoms. The summed E-state index contributed by atoms with van der Waals surface area (Å²) in [5.41, 5.74) is 8.77. The van der Waals surface area contributed by atoms with Gasteiger partial charge >= 0.3 is 0 Å². The second kappa shape index (κ2) is 5.16. The molecule has 0 unspecified atom stereocenters. The summed E-state index contributed by atoms with van der Waals surface area (Å²) in [4.78, 5) is 0. The van der Waals surface area contributed by atoms with Crippen molar-refractivity contribution in [2.75, 3.05) is 13.2 Å². The molecule has 0 aromatic heterocycles. The molecular weight excluding hydrogens is 234 g/mol. The van der Waals surface area contributed by atoms with Gasteiger partial charge in [0.1, 0.15) is 5.75 Å². The van der Waals surface area contributed by atoms with E-state index in [1.165, 1.54) is 24.0 Å². The topological polar surface area (TPSA) is 35.2 Å². The Morgan fingerprint density at radius 2 is 1.95 bits per heavy atom. The maximum absolute atomic E-state index is 6.14. The summed E-state index contributed by atoms with van der Waals surface area (Å²) >= 11 is 0. The number of rotatable bonds is 5. The minimum absolute atomic E-state index is 0.117. The zero-order valence-corrected chi connectivity index (χ0v) is 12.8. The van der Waals surface area contributed by atoms with Crippen LogP contribution in [0.1, 0.15) is 51.2 Å². The van der Waals surface area contributed by atoms with Crippen LogP contribution in [0.15, 0.2) is 18.2 Å². The predicted molar refractivity (Wildman–Crippen MR) is 80.7 cm³/mol. The summed E-state index contributed by atoms with van der Waals surface area (Å²) in [5, 5.41) is 0. The van der Waals surface area contributed by atoms with Crippen LogP contribution in [-0.4, -0.2) is 13.2 Å². The molecule has 2 rings (SSSR count). The molecule has 0 amide bonds. The summed E-state index contributed by atoms with van der Waals surface area (Å²) in [5.74, 6) is 1.04. The van der Waals surface area contributed by atoms with Gasteiger partial charge in [0.2, 0.25) is 0 Å². The molecule has 2 N–H and O–H groups in total. The molecule has 2 heteroatoms. The van der Waals surface area contributed by atoms with E-state index in [2.05, 4.69) is 45.9 Å². The molecule has 1 aliphatic rings. The van der Waals surface area contributed by atoms with Crippen molar-refractivity contribution in [1.82, 2.24) is 0 Å². The molecule has 2 nitrogen and oxygen atoms in total. The summed E-state index contributed by atoms with van der Waals surface area (Å²) in [6.07, 6.45) is 3.62. The molecule has 0 heterocycles. The number of benzene rings is 1. The van der Waals surface area contributed by atoms with Crippen LogP contribution in [-0.2, 0) is 5.41 Å². The van der Waals surface area contributed by atoms with Gasteiger partial charge in [0.15, 0.2) is 0 Å². The average Bonchev–Trinajstić information content (AvgIpc) is 3.07. The second-order valence-corrected chi connectivity index (χ2v) is 7.08. The number of aryl methyl sites for hydroxylation is 1. The lowest BCUT2D eigenvalue weighted by atomic mass is 9.85. The zero-order valence-electron chi connectivity index (χ0n) is 12.8. The summed E-state index contributed by atoms with van der Waals surface area (Å²) < 4.78 is 6.14. The van der Waals surface area contributed by atoms with Crippen molar-refractivity contribution in [3.05, 3.63) is 29.3 Å². The number of hydrogen-bond acceptors (Lipinski definition) is 2. The van der Waals surface area contributed by atoms with Gasteiger partial charge in [-0.1, -0.05) is 38.5 Å². The van der Waals surface area contributed by atoms with Crippen molar-refractivity contribution in [2.24, 2.45) is 11.1 Å². The van der Waals surface area contributed by atoms with Crippen molar-refractivity contribution < 1.29 is 4.74 Å². The van der Waals surface area contributed by atoms with Crippen molar-refractivity contribution >= 4 is 0 Å². The Kier molecular flexibility index (Phi) is 3.91. The predicted octanol–water partition coefficient (Wildman–Crippen LogP) is 3.80. The number of ether oxygens (including phenoxy) is 1. The van der Waals surface area contributed by atoms with Crippen molar-refractivity contribution in [3.63, 3.8) is 0 Å². The summed E-state index contributed by atoms with van der Waals surface area (Å²) in [7, 11) is 0. The fourth-order valence-corrected chi connectivity index (χ4v) is 2.54. The molecule has 1 aromatic carbocycles. The van der Waals surface area contributed by atoms with Crippen molar-refractivity contribution in [3.8, 4) is 5.75 Å². The molecule has 1 fully saturated rings. The van der Waals surface area contributed by atoms with Crippen LogP contribution in [0.4, 0.5) is 0 Å². The molecule has 0 saturated heterocycles. The van der Waals surface area contributed by atoms with Crippen LogP contribution in [0.3, 0.4) is 0 Å². The molecule has 1 aromatic rings. The van der Waals surface area contributed by atoms with Crippen LogP contribution in [0.25, 0.3) is 0 Å². The number of hydrogen-bond donors (Lipinski definition) is 1. The Bertz CT molecular complexity index is 441. The highest BCUT2D eigenvalue weighted by molar-refractivity contribution is 5.41. The van der Waals surface area contributed by atoms with Gasteiger partial charge in [0.05, 0.1) is 6.61 Å². The van der Waals surface area contributed by atoms with E-state index < -0.39 is 0 Å². The molecular formula is C17H27NO. The largest absolute Gasteiger partial charge is 0.493 e. The minimum Gasteiger partial charge on any atom is -0.493 e. The van der Waals surface area contributed by atoms with Gasteiger partial charge in [0.25, 0.3) is 0 Å². The van der Waals surface area contributed by atoms with Crippen LogP contribution in [0.5, 0.6) is 5.75 Å². The van der Waals surface area contributed by atoms with Crippen molar-refractivity contribution in [1.29, 1.82) is 0 Å². The average molecular weight is 261 g/mol. The smallest absolute Gasteiger partial charge is 0.123 e. The number of nitrogens with two attached hydrogens (primary N) is 1. The van der Waals surface area contributed by atoms with E-state index in [1.54, 1.807) is 0 Å². The molecule has 1 aliphatic carbocycles. The third-order valence-electron chi connectivity index (χ3n) is 4.11. The van der Waals surface area contributed by atoms with Crippen LogP contribution in [0.2, 0.25) is 0 Å². The lowest BCUT2D eigenvalue weighted by Crippen LogP contribution is -2.20. The Morgan fingerprint density at radius 3 is 2.47 bits per heavy atom. The van der Waals surface area contributed by atoms with E-state index in [-0.39, 0.29) is 5.41 Å². The fraction of sp³-hybridized carbons (Fsp3) is 0.647. The highest BCUT2D eigenvalue weighted by Gasteiger charge is 2.42. The molecule has 106 valence electrons. The fourth-order valence-electron chi connectivity index (χ4n) is 2.54. The summed E-state index contributed by atoms with van der Waals surface area (Å²) in [6, 6.07) is 6.50. The molecule has 0 spiro atoms. The van der Waals surface area contributed by atoms with Gasteiger partial charge in [-0.25, -0.2) is 0 Å². The van der Waals surface area contributed by atoms with Gasteiger partial charge in [-0.05, 0) is 49.8 Å². The molecule has 19 heavy (non-hydrogen) atoms. The first kappa shape index (κ1) is 14.4. The first-order chi connectivity index (χ1) is 8.86. The third-order valence-corrected chi connectivity index (χ3v) is 4.11. The van der Waals surface area contributed by atoms with Gasteiger partial charge in [0, 0.05) is 5.41 Å². The van der Waals surface area contributed by atoms with E-state index in [1.807, 2.05) is 0 Å². The van der Waals surface area contributed by atoms with Crippen molar-refractivity contribution in [2.45, 2.75) is 52.4 Å². The van der Waals surface area contributed by atoms with E-state index >= 15 is 0 Å². The van der Waals surface area contributed by atoms with E-state index in [9.17, 15) is 0 Å². The molecule has 0 aliphatic heterocycles. The second-order valence-electron chi connectivity index (χ2n) is 7.08. The van der Waals surface area contributed by atoms with E-state index in [0.717, 1.165) is 25.3 Å². The first-order valence-corrected chi connectivity index (χ1v) is 7.30. The Balaban J connectivity index is 2.12. The van der Waals surface area contributed by atoms with E-state index in [4.69, 9.17) is 10.5 Å². The Labute approximate surface area is 117 Å². The maximum Gasteiger partial charge on any atom is 0.123 e. The standard InChI is InChI=1S/C17H27NO/c1-13-5-6-15(14(11-13)16(2,3)4)19-12-17(7-8-17)9-10-18/h5-6,11H,7-10,12,18H2,1-4H3. The molecule has 0 atom stereocenters. The van der Waals surface area contributed by atoms with Gasteiger partial charge in [-0.2, -0.15) is 0 Å². The normalized spacial score (nSPS) is 17.3. The monoisotopic (exact) mass is 261 g/mol. The van der Waals surface area contributed by atoms with Gasteiger partial charge in [-0.15, -0.1) is 0 Å². The quantitative estimate of drug-likeness (QED) is 0.875. The van der Waals surface area contributed by atoms with Crippen LogP contribution < -0.4 is 10.5 Å². The van der Waals surface area contributed by atoms with Gasteiger partial charge in [-0.3, -0.25) is 0 Å².